The van der Waals surface area contributed by atoms with E-state index in [-0.39, 0.29) is 16.3 Å². The molecule has 2 N–H and O–H groups in total. The van der Waals surface area contributed by atoms with Crippen molar-refractivity contribution < 1.29 is 18.3 Å². The standard InChI is InChI=1S/C22H19NO4S/c1-16-10-12-20(13-11-16)28(26,27)23-21(15-17-6-5-9-19(24)14-17)22(25)18-7-3-2-4-8-18/h2-15,23-24H,1H3. The minimum Gasteiger partial charge on any atom is -0.508 e. The van der Waals surface area contributed by atoms with Crippen molar-refractivity contribution in [1.82, 2.24) is 4.72 Å². The summed E-state index contributed by atoms with van der Waals surface area (Å²) in [5.41, 5.74) is 1.65. The Labute approximate surface area is 164 Å². The molecule has 0 aliphatic rings. The second-order valence-corrected chi connectivity index (χ2v) is 7.95. The van der Waals surface area contributed by atoms with E-state index in [2.05, 4.69) is 4.72 Å². The predicted molar refractivity (Wildman–Crippen MR) is 108 cm³/mol. The molecule has 0 fully saturated rings. The minimum atomic E-state index is -3.96. The fourth-order valence-electron chi connectivity index (χ4n) is 2.59. The second kappa shape index (κ2) is 8.10. The molecule has 0 bridgehead atoms. The number of ketones is 1. The molecule has 0 aliphatic heterocycles. The maximum atomic E-state index is 12.9. The lowest BCUT2D eigenvalue weighted by Gasteiger charge is -2.12. The Morgan fingerprint density at radius 1 is 0.929 bits per heavy atom. The van der Waals surface area contributed by atoms with Gasteiger partial charge in [-0.05, 0) is 42.8 Å². The van der Waals surface area contributed by atoms with Crippen molar-refractivity contribution in [2.45, 2.75) is 11.8 Å². The monoisotopic (exact) mass is 393 g/mol. The smallest absolute Gasteiger partial charge is 0.262 e. The topological polar surface area (TPSA) is 83.5 Å². The molecule has 0 aromatic heterocycles. The van der Waals surface area contributed by atoms with Crippen LogP contribution in [0.1, 0.15) is 21.5 Å². The highest BCUT2D eigenvalue weighted by Gasteiger charge is 2.21. The van der Waals surface area contributed by atoms with Crippen LogP contribution in [-0.4, -0.2) is 19.3 Å². The molecule has 0 saturated heterocycles. The van der Waals surface area contributed by atoms with Gasteiger partial charge in [-0.25, -0.2) is 8.42 Å². The van der Waals surface area contributed by atoms with Crippen LogP contribution in [0.5, 0.6) is 5.75 Å². The summed E-state index contributed by atoms with van der Waals surface area (Å²) >= 11 is 0. The van der Waals surface area contributed by atoms with Gasteiger partial charge in [-0.15, -0.1) is 0 Å². The Kier molecular flexibility index (Phi) is 5.61. The van der Waals surface area contributed by atoms with Gasteiger partial charge < -0.3 is 5.11 Å². The molecule has 0 saturated carbocycles. The summed E-state index contributed by atoms with van der Waals surface area (Å²) in [7, 11) is -3.96. The number of phenolic OH excluding ortho intramolecular Hbond substituents is 1. The first kappa shape index (κ1) is 19.4. The van der Waals surface area contributed by atoms with Crippen LogP contribution in [-0.2, 0) is 10.0 Å². The van der Waals surface area contributed by atoms with Crippen LogP contribution in [0.15, 0.2) is 89.5 Å². The molecular weight excluding hydrogens is 374 g/mol. The zero-order valence-electron chi connectivity index (χ0n) is 15.2. The van der Waals surface area contributed by atoms with Gasteiger partial charge in [0.1, 0.15) is 5.75 Å². The van der Waals surface area contributed by atoms with Crippen LogP contribution in [0.2, 0.25) is 0 Å². The number of benzene rings is 3. The molecule has 3 aromatic carbocycles. The van der Waals surface area contributed by atoms with Gasteiger partial charge in [0.25, 0.3) is 10.0 Å². The van der Waals surface area contributed by atoms with E-state index in [9.17, 15) is 18.3 Å². The summed E-state index contributed by atoms with van der Waals surface area (Å²) in [6.45, 7) is 1.86. The molecule has 5 nitrogen and oxygen atoms in total. The first-order valence-corrected chi connectivity index (χ1v) is 10.0. The summed E-state index contributed by atoms with van der Waals surface area (Å²) in [5, 5.41) is 9.67. The number of aromatic hydroxyl groups is 1. The van der Waals surface area contributed by atoms with Crippen LogP contribution in [0.25, 0.3) is 6.08 Å². The zero-order chi connectivity index (χ0) is 20.1. The van der Waals surface area contributed by atoms with Crippen LogP contribution >= 0.6 is 0 Å². The molecule has 6 heteroatoms. The SMILES string of the molecule is Cc1ccc(S(=O)(=O)NC(=Cc2cccc(O)c2)C(=O)c2ccccc2)cc1. The molecule has 3 aromatic rings. The maximum absolute atomic E-state index is 12.9. The molecule has 0 radical (unpaired) electrons. The van der Waals surface area contributed by atoms with Gasteiger partial charge in [-0.1, -0.05) is 60.2 Å². The van der Waals surface area contributed by atoms with Crippen molar-refractivity contribution in [3.63, 3.8) is 0 Å². The van der Waals surface area contributed by atoms with Crippen LogP contribution in [0, 0.1) is 6.92 Å². The molecule has 28 heavy (non-hydrogen) atoms. The van der Waals surface area contributed by atoms with Gasteiger partial charge in [-0.2, -0.15) is 0 Å². The third kappa shape index (κ3) is 4.66. The van der Waals surface area contributed by atoms with Crippen LogP contribution in [0.3, 0.4) is 0 Å². The van der Waals surface area contributed by atoms with E-state index in [0.29, 0.717) is 11.1 Å². The van der Waals surface area contributed by atoms with Crippen molar-refractivity contribution >= 4 is 21.9 Å². The highest BCUT2D eigenvalue weighted by Crippen LogP contribution is 2.18. The fraction of sp³-hybridized carbons (Fsp3) is 0.0455. The molecule has 0 atom stereocenters. The number of carbonyl (C=O) groups excluding carboxylic acids is 1. The highest BCUT2D eigenvalue weighted by molar-refractivity contribution is 7.89. The summed E-state index contributed by atoms with van der Waals surface area (Å²) in [5.74, 6) is -0.457. The van der Waals surface area contributed by atoms with E-state index in [4.69, 9.17) is 0 Å². The lowest BCUT2D eigenvalue weighted by molar-refractivity contribution is 0.103. The third-order valence-electron chi connectivity index (χ3n) is 4.04. The first-order valence-electron chi connectivity index (χ1n) is 8.55. The van der Waals surface area contributed by atoms with Gasteiger partial charge in [0.05, 0.1) is 10.6 Å². The normalized spacial score (nSPS) is 11.8. The van der Waals surface area contributed by atoms with Crippen molar-refractivity contribution in [2.75, 3.05) is 0 Å². The molecule has 142 valence electrons. The van der Waals surface area contributed by atoms with E-state index in [1.165, 1.54) is 30.3 Å². The largest absolute Gasteiger partial charge is 0.508 e. The number of hydrogen-bond acceptors (Lipinski definition) is 4. The highest BCUT2D eigenvalue weighted by atomic mass is 32.2. The van der Waals surface area contributed by atoms with Gasteiger partial charge >= 0.3 is 0 Å². The average Bonchev–Trinajstić information content (AvgIpc) is 2.68. The van der Waals surface area contributed by atoms with E-state index < -0.39 is 15.8 Å². The molecular formula is C22H19NO4S. The molecule has 3 rings (SSSR count). The summed E-state index contributed by atoms with van der Waals surface area (Å²) in [6.07, 6.45) is 1.40. The summed E-state index contributed by atoms with van der Waals surface area (Å²) < 4.78 is 28.0. The van der Waals surface area contributed by atoms with Crippen molar-refractivity contribution in [3.05, 3.63) is 101 Å². The molecule has 0 unspecified atom stereocenters. The first-order chi connectivity index (χ1) is 13.3. The van der Waals surface area contributed by atoms with Gasteiger partial charge in [0.2, 0.25) is 5.78 Å². The summed E-state index contributed by atoms with van der Waals surface area (Å²) in [6, 6.07) is 20.9. The van der Waals surface area contributed by atoms with E-state index in [0.717, 1.165) is 5.56 Å². The number of allylic oxidation sites excluding steroid dienone is 1. The number of sulfonamides is 1. The van der Waals surface area contributed by atoms with Gasteiger partial charge in [-0.3, -0.25) is 9.52 Å². The van der Waals surface area contributed by atoms with Crippen LogP contribution in [0.4, 0.5) is 0 Å². The van der Waals surface area contributed by atoms with E-state index in [1.54, 1.807) is 54.6 Å². The van der Waals surface area contributed by atoms with Gasteiger partial charge in [0.15, 0.2) is 0 Å². The van der Waals surface area contributed by atoms with Crippen molar-refractivity contribution in [2.24, 2.45) is 0 Å². The van der Waals surface area contributed by atoms with E-state index >= 15 is 0 Å². The van der Waals surface area contributed by atoms with Gasteiger partial charge in [0, 0.05) is 5.56 Å². The second-order valence-electron chi connectivity index (χ2n) is 6.27. The number of rotatable bonds is 6. The Bertz CT molecular complexity index is 1120. The van der Waals surface area contributed by atoms with Crippen LogP contribution < -0.4 is 4.72 Å². The van der Waals surface area contributed by atoms with E-state index in [1.807, 2.05) is 6.92 Å². The number of Topliss-reactive ketones (excluding diaryl/α,β-unsaturated/α-hetero) is 1. The Balaban J connectivity index is 2.03. The number of aryl methyl sites for hydroxylation is 1. The number of phenols is 1. The lowest BCUT2D eigenvalue weighted by Crippen LogP contribution is -2.27. The Morgan fingerprint density at radius 3 is 2.25 bits per heavy atom. The molecule has 0 amide bonds. The quantitative estimate of drug-likeness (QED) is 0.491. The molecule has 0 spiro atoms. The Morgan fingerprint density at radius 2 is 1.61 bits per heavy atom. The maximum Gasteiger partial charge on any atom is 0.262 e. The number of hydrogen-bond donors (Lipinski definition) is 2. The Hall–Kier alpha value is -3.38. The lowest BCUT2D eigenvalue weighted by atomic mass is 10.1. The number of nitrogens with one attached hydrogen (secondary N) is 1. The third-order valence-corrected chi connectivity index (χ3v) is 5.42. The van der Waals surface area contributed by atoms with Crippen molar-refractivity contribution in [3.8, 4) is 5.75 Å². The zero-order valence-corrected chi connectivity index (χ0v) is 16.0. The van der Waals surface area contributed by atoms with Crippen molar-refractivity contribution in [1.29, 1.82) is 0 Å². The minimum absolute atomic E-state index is 0.0154. The number of carbonyl (C=O) groups is 1. The summed E-state index contributed by atoms with van der Waals surface area (Å²) in [4.78, 5) is 13.0. The predicted octanol–water partition coefficient (Wildman–Crippen LogP) is 3.90. The molecule has 0 heterocycles. The molecule has 0 aliphatic carbocycles. The fourth-order valence-corrected chi connectivity index (χ4v) is 3.64. The average molecular weight is 393 g/mol.